The fraction of sp³-hybridized carbons (Fsp3) is 0.231. The molecule has 1 aromatic heterocycles. The van der Waals surface area contributed by atoms with E-state index in [-0.39, 0.29) is 18.1 Å². The van der Waals surface area contributed by atoms with Crippen LogP contribution in [0.5, 0.6) is 0 Å². The van der Waals surface area contributed by atoms with Crippen LogP contribution in [0.4, 0.5) is 14.7 Å². The highest BCUT2D eigenvalue weighted by molar-refractivity contribution is 5.30. The fourth-order valence-electron chi connectivity index (χ4n) is 1.63. The normalized spacial score (nSPS) is 10.5. The molecule has 2 rings (SSSR count). The summed E-state index contributed by atoms with van der Waals surface area (Å²) in [5.74, 6) is -1.01. The fourth-order valence-corrected chi connectivity index (χ4v) is 1.63. The number of anilines is 1. The van der Waals surface area contributed by atoms with Crippen molar-refractivity contribution >= 4 is 5.95 Å². The molecule has 2 aromatic rings. The van der Waals surface area contributed by atoms with Crippen molar-refractivity contribution in [3.8, 4) is 0 Å². The number of rotatable bonds is 3. The van der Waals surface area contributed by atoms with Gasteiger partial charge < -0.3 is 5.32 Å². The average Bonchev–Trinajstić information content (AvgIpc) is 2.32. The van der Waals surface area contributed by atoms with Gasteiger partial charge in [-0.15, -0.1) is 0 Å². The minimum absolute atomic E-state index is 0.167. The van der Waals surface area contributed by atoms with Gasteiger partial charge in [0.05, 0.1) is 0 Å². The number of hydrogen-bond donors (Lipinski definition) is 2. The monoisotopic (exact) mass is 265 g/mol. The number of aryl methyl sites for hydroxylation is 1. The van der Waals surface area contributed by atoms with E-state index in [4.69, 9.17) is 0 Å². The predicted molar refractivity (Wildman–Crippen MR) is 68.0 cm³/mol. The van der Waals surface area contributed by atoms with E-state index < -0.39 is 11.6 Å². The highest BCUT2D eigenvalue weighted by Crippen LogP contribution is 2.09. The van der Waals surface area contributed by atoms with E-state index >= 15 is 0 Å². The summed E-state index contributed by atoms with van der Waals surface area (Å²) in [6.45, 7) is 3.56. The topological polar surface area (TPSA) is 57.8 Å². The summed E-state index contributed by atoms with van der Waals surface area (Å²) >= 11 is 0. The second kappa shape index (κ2) is 5.17. The van der Waals surface area contributed by atoms with Crippen molar-refractivity contribution in [1.29, 1.82) is 0 Å². The number of H-pyrrole nitrogens is 1. The number of aromatic amines is 1. The van der Waals surface area contributed by atoms with Crippen molar-refractivity contribution in [3.05, 3.63) is 57.0 Å². The van der Waals surface area contributed by atoms with E-state index in [0.29, 0.717) is 16.8 Å². The number of benzene rings is 1. The van der Waals surface area contributed by atoms with Gasteiger partial charge in [-0.3, -0.25) is 9.78 Å². The highest BCUT2D eigenvalue weighted by Gasteiger charge is 2.04. The first kappa shape index (κ1) is 13.2. The van der Waals surface area contributed by atoms with Gasteiger partial charge in [-0.25, -0.2) is 13.8 Å². The Hall–Kier alpha value is -2.24. The second-order valence-electron chi connectivity index (χ2n) is 4.26. The summed E-state index contributed by atoms with van der Waals surface area (Å²) in [4.78, 5) is 18.2. The third-order valence-corrected chi connectivity index (χ3v) is 2.78. The molecule has 4 nitrogen and oxygen atoms in total. The van der Waals surface area contributed by atoms with Crippen LogP contribution < -0.4 is 10.9 Å². The third kappa shape index (κ3) is 3.15. The molecule has 1 aromatic carbocycles. The van der Waals surface area contributed by atoms with Gasteiger partial charge in [-0.05, 0) is 31.5 Å². The molecule has 0 saturated carbocycles. The van der Waals surface area contributed by atoms with Crippen LogP contribution in [-0.4, -0.2) is 9.97 Å². The van der Waals surface area contributed by atoms with E-state index in [0.717, 1.165) is 6.07 Å². The van der Waals surface area contributed by atoms with Crippen LogP contribution in [0, 0.1) is 25.5 Å². The zero-order valence-corrected chi connectivity index (χ0v) is 10.6. The van der Waals surface area contributed by atoms with Gasteiger partial charge in [-0.1, -0.05) is 0 Å². The molecule has 0 unspecified atom stereocenters. The number of nitrogens with one attached hydrogen (secondary N) is 2. The van der Waals surface area contributed by atoms with Crippen molar-refractivity contribution in [2.24, 2.45) is 0 Å². The van der Waals surface area contributed by atoms with Crippen LogP contribution in [0.2, 0.25) is 0 Å². The summed E-state index contributed by atoms with van der Waals surface area (Å²) in [6, 6.07) is 3.24. The molecule has 6 heteroatoms. The largest absolute Gasteiger partial charge is 0.352 e. The molecule has 1 heterocycles. The molecule has 0 spiro atoms. The maximum absolute atomic E-state index is 13.0. The average molecular weight is 265 g/mol. The molecule has 0 radical (unpaired) electrons. The Bertz CT molecular complexity index is 647. The van der Waals surface area contributed by atoms with Gasteiger partial charge in [0.1, 0.15) is 11.6 Å². The summed E-state index contributed by atoms with van der Waals surface area (Å²) < 4.78 is 26.0. The van der Waals surface area contributed by atoms with Gasteiger partial charge in [-0.2, -0.15) is 0 Å². The molecule has 2 N–H and O–H groups in total. The van der Waals surface area contributed by atoms with Crippen molar-refractivity contribution in [1.82, 2.24) is 9.97 Å². The molecular weight excluding hydrogens is 252 g/mol. The van der Waals surface area contributed by atoms with Crippen molar-refractivity contribution in [2.75, 3.05) is 5.32 Å². The number of halogens is 2. The lowest BCUT2D eigenvalue weighted by Gasteiger charge is -2.07. The van der Waals surface area contributed by atoms with Gasteiger partial charge in [0, 0.05) is 23.9 Å². The minimum atomic E-state index is -0.640. The lowest BCUT2D eigenvalue weighted by Crippen LogP contribution is -2.16. The van der Waals surface area contributed by atoms with Gasteiger partial charge in [0.15, 0.2) is 0 Å². The smallest absolute Gasteiger partial charge is 0.255 e. The van der Waals surface area contributed by atoms with Gasteiger partial charge >= 0.3 is 0 Å². The number of hydrogen-bond acceptors (Lipinski definition) is 3. The summed E-state index contributed by atoms with van der Waals surface area (Å²) in [6.07, 6.45) is 0. The predicted octanol–water partition coefficient (Wildman–Crippen LogP) is 2.28. The Balaban J connectivity index is 2.16. The van der Waals surface area contributed by atoms with E-state index in [2.05, 4.69) is 15.3 Å². The van der Waals surface area contributed by atoms with Crippen molar-refractivity contribution < 1.29 is 8.78 Å². The first-order valence-electron chi connectivity index (χ1n) is 5.72. The van der Waals surface area contributed by atoms with E-state index in [1.165, 1.54) is 12.1 Å². The summed E-state index contributed by atoms with van der Waals surface area (Å²) in [5, 5.41) is 2.82. The Kier molecular flexibility index (Phi) is 3.59. The third-order valence-electron chi connectivity index (χ3n) is 2.78. The van der Waals surface area contributed by atoms with Crippen LogP contribution in [0.15, 0.2) is 23.0 Å². The Morgan fingerprint density at radius 1 is 1.21 bits per heavy atom. The van der Waals surface area contributed by atoms with Crippen LogP contribution in [0.1, 0.15) is 16.8 Å². The minimum Gasteiger partial charge on any atom is -0.352 e. The lowest BCUT2D eigenvalue weighted by atomic mass is 10.2. The van der Waals surface area contributed by atoms with Gasteiger partial charge in [0.2, 0.25) is 5.95 Å². The zero-order chi connectivity index (χ0) is 14.0. The molecule has 0 aliphatic rings. The molecule has 0 amide bonds. The lowest BCUT2D eigenvalue weighted by molar-refractivity contribution is 0.580. The molecular formula is C13H13F2N3O. The van der Waals surface area contributed by atoms with E-state index in [1.807, 2.05) is 0 Å². The molecule has 19 heavy (non-hydrogen) atoms. The van der Waals surface area contributed by atoms with Crippen LogP contribution in [0.25, 0.3) is 0 Å². The molecule has 0 atom stereocenters. The Morgan fingerprint density at radius 2 is 1.84 bits per heavy atom. The SMILES string of the molecule is Cc1nc(NCc2cc(F)cc(F)c2)[nH]c(=O)c1C. The summed E-state index contributed by atoms with van der Waals surface area (Å²) in [5.41, 5.74) is 1.35. The first-order chi connectivity index (χ1) is 8.95. The molecule has 0 aliphatic carbocycles. The van der Waals surface area contributed by atoms with Crippen molar-refractivity contribution in [2.45, 2.75) is 20.4 Å². The number of aromatic nitrogens is 2. The molecule has 0 aliphatic heterocycles. The Morgan fingerprint density at radius 3 is 2.42 bits per heavy atom. The first-order valence-corrected chi connectivity index (χ1v) is 5.72. The highest BCUT2D eigenvalue weighted by atomic mass is 19.1. The second-order valence-corrected chi connectivity index (χ2v) is 4.26. The maximum Gasteiger partial charge on any atom is 0.255 e. The van der Waals surface area contributed by atoms with E-state index in [1.54, 1.807) is 13.8 Å². The standard InChI is InChI=1S/C13H13F2N3O/c1-7-8(2)17-13(18-12(7)19)16-6-9-3-10(14)5-11(15)4-9/h3-5H,6H2,1-2H3,(H2,16,17,18,19). The van der Waals surface area contributed by atoms with Crippen LogP contribution in [-0.2, 0) is 6.54 Å². The van der Waals surface area contributed by atoms with Gasteiger partial charge in [0.25, 0.3) is 5.56 Å². The zero-order valence-electron chi connectivity index (χ0n) is 10.6. The van der Waals surface area contributed by atoms with Crippen LogP contribution >= 0.6 is 0 Å². The quantitative estimate of drug-likeness (QED) is 0.895. The molecule has 0 bridgehead atoms. The van der Waals surface area contributed by atoms with Crippen LogP contribution in [0.3, 0.4) is 0 Å². The number of nitrogens with zero attached hydrogens (tertiary/aromatic N) is 1. The molecule has 0 fully saturated rings. The Labute approximate surface area is 108 Å². The maximum atomic E-state index is 13.0. The van der Waals surface area contributed by atoms with Crippen molar-refractivity contribution in [3.63, 3.8) is 0 Å². The van der Waals surface area contributed by atoms with E-state index in [9.17, 15) is 13.6 Å². The molecule has 100 valence electrons. The summed E-state index contributed by atoms with van der Waals surface area (Å²) in [7, 11) is 0. The molecule has 0 saturated heterocycles.